The lowest BCUT2D eigenvalue weighted by Gasteiger charge is -2.17. The van der Waals surface area contributed by atoms with Crippen LogP contribution in [0.3, 0.4) is 0 Å². The summed E-state index contributed by atoms with van der Waals surface area (Å²) in [5.41, 5.74) is 1.02. The van der Waals surface area contributed by atoms with E-state index in [-0.39, 0.29) is 6.10 Å². The van der Waals surface area contributed by atoms with Gasteiger partial charge in [0.2, 0.25) is 0 Å². The van der Waals surface area contributed by atoms with Gasteiger partial charge in [-0.25, -0.2) is 4.79 Å². The molecule has 0 saturated carbocycles. The molecule has 0 bridgehead atoms. The van der Waals surface area contributed by atoms with Crippen molar-refractivity contribution in [1.82, 2.24) is 4.90 Å². The van der Waals surface area contributed by atoms with Gasteiger partial charge in [-0.2, -0.15) is 0 Å². The van der Waals surface area contributed by atoms with Crippen molar-refractivity contribution in [1.29, 1.82) is 0 Å². The highest BCUT2D eigenvalue weighted by atomic mass is 32.1. The zero-order chi connectivity index (χ0) is 12.3. The van der Waals surface area contributed by atoms with E-state index in [4.69, 9.17) is 5.11 Å². The predicted molar refractivity (Wildman–Crippen MR) is 64.0 cm³/mol. The second-order valence-electron chi connectivity index (χ2n) is 4.04. The molecule has 0 radical (unpaired) electrons. The Morgan fingerprint density at radius 3 is 2.69 bits per heavy atom. The topological polar surface area (TPSA) is 60.8 Å². The lowest BCUT2D eigenvalue weighted by molar-refractivity contribution is 0.0702. The molecular formula is C11H17NO3S. The van der Waals surface area contributed by atoms with Crippen molar-refractivity contribution in [2.75, 3.05) is 13.6 Å². The van der Waals surface area contributed by atoms with Crippen molar-refractivity contribution in [2.45, 2.75) is 26.5 Å². The summed E-state index contributed by atoms with van der Waals surface area (Å²) >= 11 is 1.29. The summed E-state index contributed by atoms with van der Waals surface area (Å²) < 4.78 is 0. The quantitative estimate of drug-likeness (QED) is 0.824. The maximum Gasteiger partial charge on any atom is 0.345 e. The van der Waals surface area contributed by atoms with Crippen LogP contribution in [0.25, 0.3) is 0 Å². The second kappa shape index (κ2) is 5.43. The molecule has 0 amide bonds. The SMILES string of the molecule is Cc1sc(C(=O)O)cc1CN(C)CC(C)O. The van der Waals surface area contributed by atoms with E-state index in [1.807, 2.05) is 18.9 Å². The van der Waals surface area contributed by atoms with Gasteiger partial charge in [0, 0.05) is 18.0 Å². The average Bonchev–Trinajstić information content (AvgIpc) is 2.46. The lowest BCUT2D eigenvalue weighted by atomic mass is 10.2. The number of rotatable bonds is 5. The normalized spacial score (nSPS) is 13.1. The van der Waals surface area contributed by atoms with Crippen LogP contribution in [0.4, 0.5) is 0 Å². The molecule has 1 aromatic heterocycles. The zero-order valence-electron chi connectivity index (χ0n) is 9.73. The molecule has 0 aromatic carbocycles. The number of carboxylic acid groups (broad SMARTS) is 1. The smallest absolute Gasteiger partial charge is 0.345 e. The van der Waals surface area contributed by atoms with E-state index in [1.165, 1.54) is 11.3 Å². The molecule has 1 rings (SSSR count). The molecule has 2 N–H and O–H groups in total. The largest absolute Gasteiger partial charge is 0.477 e. The zero-order valence-corrected chi connectivity index (χ0v) is 10.5. The van der Waals surface area contributed by atoms with Crippen LogP contribution in [0, 0.1) is 6.92 Å². The van der Waals surface area contributed by atoms with Gasteiger partial charge in [0.05, 0.1) is 6.10 Å². The van der Waals surface area contributed by atoms with Gasteiger partial charge in [-0.05, 0) is 32.5 Å². The predicted octanol–water partition coefficient (Wildman–Crippen LogP) is 1.57. The highest BCUT2D eigenvalue weighted by Gasteiger charge is 2.12. The molecule has 90 valence electrons. The van der Waals surface area contributed by atoms with Crippen LogP contribution in [-0.4, -0.2) is 40.8 Å². The van der Waals surface area contributed by atoms with E-state index in [1.54, 1.807) is 13.0 Å². The van der Waals surface area contributed by atoms with E-state index in [9.17, 15) is 9.90 Å². The molecule has 5 heteroatoms. The summed E-state index contributed by atoms with van der Waals surface area (Å²) in [5, 5.41) is 18.1. The Morgan fingerprint density at radius 1 is 1.62 bits per heavy atom. The minimum atomic E-state index is -0.877. The maximum atomic E-state index is 10.8. The number of carbonyl (C=O) groups is 1. The molecule has 0 aliphatic heterocycles. The Balaban J connectivity index is 2.70. The second-order valence-corrected chi connectivity index (χ2v) is 5.30. The number of carboxylic acids is 1. The molecule has 1 unspecified atom stereocenters. The van der Waals surface area contributed by atoms with Gasteiger partial charge in [-0.15, -0.1) is 11.3 Å². The van der Waals surface area contributed by atoms with Gasteiger partial charge >= 0.3 is 5.97 Å². The van der Waals surface area contributed by atoms with Gasteiger partial charge in [-0.1, -0.05) is 0 Å². The molecule has 1 aromatic rings. The minimum absolute atomic E-state index is 0.372. The Morgan fingerprint density at radius 2 is 2.25 bits per heavy atom. The first-order valence-electron chi connectivity index (χ1n) is 5.09. The lowest BCUT2D eigenvalue weighted by Crippen LogP contribution is -2.26. The van der Waals surface area contributed by atoms with Crippen LogP contribution in [0.2, 0.25) is 0 Å². The summed E-state index contributed by atoms with van der Waals surface area (Å²) in [7, 11) is 1.91. The molecular weight excluding hydrogens is 226 g/mol. The highest BCUT2D eigenvalue weighted by molar-refractivity contribution is 7.14. The number of aliphatic hydroxyl groups is 1. The summed E-state index contributed by atoms with van der Waals surface area (Å²) in [5.74, 6) is -0.877. The number of aliphatic hydroxyl groups excluding tert-OH is 1. The fourth-order valence-corrected chi connectivity index (χ4v) is 2.46. The highest BCUT2D eigenvalue weighted by Crippen LogP contribution is 2.22. The third-order valence-corrected chi connectivity index (χ3v) is 3.33. The Kier molecular flexibility index (Phi) is 4.46. The Bertz CT molecular complexity index is 373. The van der Waals surface area contributed by atoms with Gasteiger partial charge < -0.3 is 10.2 Å². The van der Waals surface area contributed by atoms with Crippen LogP contribution in [0.15, 0.2) is 6.07 Å². The monoisotopic (exact) mass is 243 g/mol. The summed E-state index contributed by atoms with van der Waals surface area (Å²) in [6, 6.07) is 1.71. The molecule has 16 heavy (non-hydrogen) atoms. The molecule has 4 nitrogen and oxygen atoms in total. The van der Waals surface area contributed by atoms with Gasteiger partial charge in [0.25, 0.3) is 0 Å². The Hall–Kier alpha value is -0.910. The van der Waals surface area contributed by atoms with E-state index in [2.05, 4.69) is 0 Å². The van der Waals surface area contributed by atoms with Gasteiger partial charge in [-0.3, -0.25) is 4.90 Å². The first-order chi connectivity index (χ1) is 7.40. The van der Waals surface area contributed by atoms with E-state index in [0.717, 1.165) is 10.4 Å². The van der Waals surface area contributed by atoms with Crippen LogP contribution in [0.1, 0.15) is 27.0 Å². The van der Waals surface area contributed by atoms with Crippen LogP contribution >= 0.6 is 11.3 Å². The van der Waals surface area contributed by atoms with Gasteiger partial charge in [0.1, 0.15) is 4.88 Å². The van der Waals surface area contributed by atoms with Crippen LogP contribution in [0.5, 0.6) is 0 Å². The third kappa shape index (κ3) is 3.59. The minimum Gasteiger partial charge on any atom is -0.477 e. The van der Waals surface area contributed by atoms with Crippen molar-refractivity contribution in [3.05, 3.63) is 21.4 Å². The number of thiophene rings is 1. The van der Waals surface area contributed by atoms with E-state index >= 15 is 0 Å². The molecule has 0 aliphatic rings. The van der Waals surface area contributed by atoms with Gasteiger partial charge in [0.15, 0.2) is 0 Å². The van der Waals surface area contributed by atoms with E-state index < -0.39 is 5.97 Å². The number of nitrogens with zero attached hydrogens (tertiary/aromatic N) is 1. The number of likely N-dealkylation sites (N-methyl/N-ethyl adjacent to an activating group) is 1. The fraction of sp³-hybridized carbons (Fsp3) is 0.545. The standard InChI is InChI=1S/C11H17NO3S/c1-7(13)5-12(3)6-9-4-10(11(14)15)16-8(9)2/h4,7,13H,5-6H2,1-3H3,(H,14,15). The summed E-state index contributed by atoms with van der Waals surface area (Å²) in [6.45, 7) is 4.90. The van der Waals surface area contributed by atoms with Crippen LogP contribution < -0.4 is 0 Å². The summed E-state index contributed by atoms with van der Waals surface area (Å²) in [4.78, 5) is 14.2. The number of hydrogen-bond donors (Lipinski definition) is 2. The van der Waals surface area contributed by atoms with E-state index in [0.29, 0.717) is 18.0 Å². The molecule has 0 aliphatic carbocycles. The average molecular weight is 243 g/mol. The first-order valence-corrected chi connectivity index (χ1v) is 5.91. The molecule has 0 fully saturated rings. The number of aryl methyl sites for hydroxylation is 1. The molecule has 0 spiro atoms. The first kappa shape index (κ1) is 13.2. The van der Waals surface area contributed by atoms with Crippen molar-refractivity contribution in [2.24, 2.45) is 0 Å². The van der Waals surface area contributed by atoms with Crippen molar-refractivity contribution in [3.8, 4) is 0 Å². The fourth-order valence-electron chi connectivity index (χ4n) is 1.59. The Labute approximate surface area is 99.1 Å². The van der Waals surface area contributed by atoms with Crippen LogP contribution in [-0.2, 0) is 6.54 Å². The molecule has 1 atom stereocenters. The number of aromatic carboxylic acids is 1. The maximum absolute atomic E-state index is 10.8. The number of hydrogen-bond acceptors (Lipinski definition) is 4. The van der Waals surface area contributed by atoms with Crippen molar-refractivity contribution < 1.29 is 15.0 Å². The third-order valence-electron chi connectivity index (χ3n) is 2.25. The van der Waals surface area contributed by atoms with Crippen molar-refractivity contribution in [3.63, 3.8) is 0 Å². The van der Waals surface area contributed by atoms with Crippen molar-refractivity contribution >= 4 is 17.3 Å². The molecule has 0 saturated heterocycles. The summed E-state index contributed by atoms with van der Waals surface area (Å²) in [6.07, 6.45) is -0.372. The molecule has 1 heterocycles.